The Kier molecular flexibility index (Phi) is 4.86. The molecule has 6 heteroatoms. The molecule has 0 radical (unpaired) electrons. The molecule has 1 aromatic carbocycles. The van der Waals surface area contributed by atoms with Crippen LogP contribution >= 0.6 is 0 Å². The number of fused-ring (bicyclic) bond motifs is 1. The number of hydrogen-bond acceptors (Lipinski definition) is 5. The zero-order chi connectivity index (χ0) is 14.4. The highest BCUT2D eigenvalue weighted by atomic mass is 16.5. The summed E-state index contributed by atoms with van der Waals surface area (Å²) in [6, 6.07) is 6.99. The molecule has 6 nitrogen and oxygen atoms in total. The Labute approximate surface area is 115 Å². The minimum Gasteiger partial charge on any atom is -0.489 e. The zero-order valence-corrected chi connectivity index (χ0v) is 10.8. The molecule has 0 saturated heterocycles. The first kappa shape index (κ1) is 14.2. The molecular weight excluding hydrogens is 262 g/mol. The van der Waals surface area contributed by atoms with Crippen LogP contribution in [0.15, 0.2) is 30.5 Å². The van der Waals surface area contributed by atoms with E-state index in [2.05, 4.69) is 4.98 Å². The van der Waals surface area contributed by atoms with E-state index in [0.29, 0.717) is 10.9 Å². The van der Waals surface area contributed by atoms with Gasteiger partial charge in [-0.2, -0.15) is 0 Å². The predicted molar refractivity (Wildman–Crippen MR) is 72.1 cm³/mol. The predicted octanol–water partition coefficient (Wildman–Crippen LogP) is 1.32. The van der Waals surface area contributed by atoms with Gasteiger partial charge in [0, 0.05) is 5.39 Å². The number of pyridine rings is 1. The van der Waals surface area contributed by atoms with E-state index in [0.717, 1.165) is 0 Å². The van der Waals surface area contributed by atoms with Gasteiger partial charge in [-0.1, -0.05) is 18.2 Å². The number of aliphatic hydroxyl groups is 1. The van der Waals surface area contributed by atoms with Crippen LogP contribution in [0.4, 0.5) is 0 Å². The number of rotatable bonds is 7. The highest BCUT2D eigenvalue weighted by Crippen LogP contribution is 2.26. The van der Waals surface area contributed by atoms with Crippen molar-refractivity contribution in [3.05, 3.63) is 36.0 Å². The second kappa shape index (κ2) is 6.83. The van der Waals surface area contributed by atoms with Crippen molar-refractivity contribution in [1.29, 1.82) is 0 Å². The van der Waals surface area contributed by atoms with Gasteiger partial charge in [0.15, 0.2) is 5.75 Å². The molecule has 20 heavy (non-hydrogen) atoms. The number of aromatic nitrogens is 1. The Bertz CT molecular complexity index is 599. The van der Waals surface area contributed by atoms with E-state index in [4.69, 9.17) is 14.6 Å². The molecule has 0 fully saturated rings. The fraction of sp³-hybridized carbons (Fsp3) is 0.286. The normalized spacial score (nSPS) is 10.7. The van der Waals surface area contributed by atoms with Gasteiger partial charge in [-0.25, -0.2) is 4.79 Å². The fourth-order valence-corrected chi connectivity index (χ4v) is 1.83. The number of para-hydroxylation sites is 1. The molecule has 2 N–H and O–H groups in total. The maximum absolute atomic E-state index is 11.4. The number of hydrogen-bond donors (Lipinski definition) is 2. The molecule has 2 rings (SSSR count). The second-order valence-corrected chi connectivity index (χ2v) is 4.00. The van der Waals surface area contributed by atoms with Crippen molar-refractivity contribution >= 4 is 16.9 Å². The molecule has 0 aliphatic carbocycles. The summed E-state index contributed by atoms with van der Waals surface area (Å²) in [5.74, 6) is -0.848. The van der Waals surface area contributed by atoms with Crippen LogP contribution in [0.5, 0.6) is 5.75 Å². The number of carboxylic acid groups (broad SMARTS) is 1. The third kappa shape index (κ3) is 3.23. The molecule has 1 aromatic heterocycles. The molecule has 1 heterocycles. The molecule has 0 unspecified atom stereocenters. The van der Waals surface area contributed by atoms with E-state index in [9.17, 15) is 9.90 Å². The molecule has 0 bridgehead atoms. The summed E-state index contributed by atoms with van der Waals surface area (Å²) in [4.78, 5) is 15.6. The van der Waals surface area contributed by atoms with E-state index in [1.54, 1.807) is 24.3 Å². The molecule has 2 aromatic rings. The van der Waals surface area contributed by atoms with Crippen molar-refractivity contribution in [2.75, 3.05) is 26.4 Å². The number of aromatic carboxylic acids is 1. The molecule has 0 atom stereocenters. The molecule has 0 saturated carbocycles. The lowest BCUT2D eigenvalue weighted by molar-refractivity contribution is 0.0658. The van der Waals surface area contributed by atoms with E-state index in [1.165, 1.54) is 6.20 Å². The minimum atomic E-state index is -1.06. The molecule has 0 spiro atoms. The van der Waals surface area contributed by atoms with Gasteiger partial charge >= 0.3 is 5.97 Å². The first-order chi connectivity index (χ1) is 9.74. The average molecular weight is 277 g/mol. The van der Waals surface area contributed by atoms with E-state index in [1.807, 2.05) is 0 Å². The standard InChI is InChI=1S/C14H15NO5/c16-5-6-19-7-8-20-12-9-15-11-4-2-1-3-10(11)13(12)14(17)18/h1-4,9,16H,5-8H2,(H,17,18). The molecule has 106 valence electrons. The second-order valence-electron chi connectivity index (χ2n) is 4.00. The van der Waals surface area contributed by atoms with Gasteiger partial charge in [0.1, 0.15) is 12.2 Å². The van der Waals surface area contributed by atoms with Crippen LogP contribution < -0.4 is 4.74 Å². The topological polar surface area (TPSA) is 88.9 Å². The van der Waals surface area contributed by atoms with Gasteiger partial charge in [-0.15, -0.1) is 0 Å². The monoisotopic (exact) mass is 277 g/mol. The van der Waals surface area contributed by atoms with Crippen LogP contribution in [0.1, 0.15) is 10.4 Å². The molecule has 0 aliphatic rings. The Hall–Kier alpha value is -2.18. The lowest BCUT2D eigenvalue weighted by Gasteiger charge is -2.11. The van der Waals surface area contributed by atoms with E-state index < -0.39 is 5.97 Å². The van der Waals surface area contributed by atoms with Gasteiger partial charge in [0.2, 0.25) is 0 Å². The first-order valence-electron chi connectivity index (χ1n) is 6.16. The first-order valence-corrected chi connectivity index (χ1v) is 6.16. The lowest BCUT2D eigenvalue weighted by Crippen LogP contribution is -2.11. The maximum atomic E-state index is 11.4. The van der Waals surface area contributed by atoms with Gasteiger partial charge in [0.05, 0.1) is 31.5 Å². The Balaban J connectivity index is 2.20. The number of carboxylic acids is 1. The van der Waals surface area contributed by atoms with Crippen LogP contribution in [0.25, 0.3) is 10.9 Å². The third-order valence-corrected chi connectivity index (χ3v) is 2.68. The van der Waals surface area contributed by atoms with Crippen LogP contribution in [-0.2, 0) is 4.74 Å². The summed E-state index contributed by atoms with van der Waals surface area (Å²) in [7, 11) is 0. The third-order valence-electron chi connectivity index (χ3n) is 2.68. The van der Waals surface area contributed by atoms with Crippen molar-refractivity contribution in [3.8, 4) is 5.75 Å². The summed E-state index contributed by atoms with van der Waals surface area (Å²) >= 11 is 0. The van der Waals surface area contributed by atoms with Crippen molar-refractivity contribution in [2.24, 2.45) is 0 Å². The summed E-state index contributed by atoms with van der Waals surface area (Å²) in [6.45, 7) is 0.635. The Morgan fingerprint density at radius 2 is 2.00 bits per heavy atom. The highest BCUT2D eigenvalue weighted by Gasteiger charge is 2.16. The van der Waals surface area contributed by atoms with Crippen molar-refractivity contribution in [2.45, 2.75) is 0 Å². The van der Waals surface area contributed by atoms with Gasteiger partial charge < -0.3 is 19.7 Å². The Morgan fingerprint density at radius 1 is 1.20 bits per heavy atom. The van der Waals surface area contributed by atoms with Crippen LogP contribution in [-0.4, -0.2) is 47.6 Å². The summed E-state index contributed by atoms with van der Waals surface area (Å²) < 4.78 is 10.5. The number of nitrogens with zero attached hydrogens (tertiary/aromatic N) is 1. The van der Waals surface area contributed by atoms with Gasteiger partial charge in [-0.3, -0.25) is 4.98 Å². The minimum absolute atomic E-state index is 0.0576. The summed E-state index contributed by atoms with van der Waals surface area (Å²) in [6.07, 6.45) is 1.40. The average Bonchev–Trinajstić information content (AvgIpc) is 2.46. The molecule has 0 amide bonds. The maximum Gasteiger partial charge on any atom is 0.340 e. The van der Waals surface area contributed by atoms with Crippen molar-refractivity contribution in [1.82, 2.24) is 4.98 Å². The molecular formula is C14H15NO5. The summed E-state index contributed by atoms with van der Waals surface area (Å²) in [5.41, 5.74) is 0.700. The zero-order valence-electron chi connectivity index (χ0n) is 10.8. The quantitative estimate of drug-likeness (QED) is 0.742. The van der Waals surface area contributed by atoms with Crippen LogP contribution in [0.2, 0.25) is 0 Å². The van der Waals surface area contributed by atoms with Gasteiger partial charge in [0.25, 0.3) is 0 Å². The lowest BCUT2D eigenvalue weighted by atomic mass is 10.1. The number of ether oxygens (including phenoxy) is 2. The summed E-state index contributed by atoms with van der Waals surface area (Å²) in [5, 5.41) is 18.4. The van der Waals surface area contributed by atoms with Crippen LogP contribution in [0, 0.1) is 0 Å². The number of aliphatic hydroxyl groups excluding tert-OH is 1. The van der Waals surface area contributed by atoms with E-state index in [-0.39, 0.29) is 37.7 Å². The number of carbonyl (C=O) groups is 1. The van der Waals surface area contributed by atoms with Gasteiger partial charge in [-0.05, 0) is 6.07 Å². The highest BCUT2D eigenvalue weighted by molar-refractivity contribution is 6.04. The Morgan fingerprint density at radius 3 is 2.75 bits per heavy atom. The SMILES string of the molecule is O=C(O)c1c(OCCOCCO)cnc2ccccc12. The van der Waals surface area contributed by atoms with Crippen molar-refractivity contribution in [3.63, 3.8) is 0 Å². The fourth-order valence-electron chi connectivity index (χ4n) is 1.83. The molecule has 0 aliphatic heterocycles. The number of benzene rings is 1. The smallest absolute Gasteiger partial charge is 0.340 e. The van der Waals surface area contributed by atoms with E-state index >= 15 is 0 Å². The largest absolute Gasteiger partial charge is 0.489 e. The van der Waals surface area contributed by atoms with Crippen molar-refractivity contribution < 1.29 is 24.5 Å². The van der Waals surface area contributed by atoms with Crippen LogP contribution in [0.3, 0.4) is 0 Å².